The molecule has 14 heteroatoms. The highest BCUT2D eigenvalue weighted by Gasteiger charge is 2.30. The van der Waals surface area contributed by atoms with Gasteiger partial charge in [-0.15, -0.1) is 0 Å². The molecule has 0 bridgehead atoms. The molecule has 0 spiro atoms. The van der Waals surface area contributed by atoms with Crippen LogP contribution in [0.2, 0.25) is 15.1 Å². The summed E-state index contributed by atoms with van der Waals surface area (Å²) in [6, 6.07) is 20.0. The fraction of sp³-hybridized carbons (Fsp3) is 0.188. The molecule has 0 saturated carbocycles. The van der Waals surface area contributed by atoms with E-state index in [2.05, 4.69) is 5.32 Å². The normalized spacial score (nSPS) is 11.9. The number of aromatic nitrogens is 1. The molecule has 2 atom stereocenters. The lowest BCUT2D eigenvalue weighted by atomic mass is 10.1. The van der Waals surface area contributed by atoms with Gasteiger partial charge in [0.15, 0.2) is 5.75 Å². The van der Waals surface area contributed by atoms with E-state index in [1.54, 1.807) is 55.5 Å². The predicted octanol–water partition coefficient (Wildman–Crippen LogP) is 5.28. The lowest BCUT2D eigenvalue weighted by Gasteiger charge is -2.19. The third-order valence-corrected chi connectivity index (χ3v) is 7.54. The van der Waals surface area contributed by atoms with E-state index in [0.717, 1.165) is 10.6 Å². The van der Waals surface area contributed by atoms with Crippen molar-refractivity contribution in [2.75, 3.05) is 6.54 Å². The number of carbonyl (C=O) groups is 3. The minimum Gasteiger partial charge on any atom is -0.506 e. The second kappa shape index (κ2) is 16.1. The average molecular weight is 690 g/mol. The molecule has 0 aliphatic heterocycles. The third-order valence-electron chi connectivity index (χ3n) is 6.67. The van der Waals surface area contributed by atoms with Crippen molar-refractivity contribution in [3.05, 3.63) is 126 Å². The zero-order valence-corrected chi connectivity index (χ0v) is 26.9. The highest BCUT2D eigenvalue weighted by molar-refractivity contribution is 6.31. The van der Waals surface area contributed by atoms with Gasteiger partial charge in [0, 0.05) is 21.1 Å². The lowest BCUT2D eigenvalue weighted by molar-refractivity contribution is -0.135. The Kier molecular flexibility index (Phi) is 12.6. The molecule has 1 heterocycles. The molecular weight excluding hydrogens is 659 g/mol. The van der Waals surface area contributed by atoms with E-state index in [9.17, 15) is 29.4 Å². The van der Waals surface area contributed by atoms with E-state index in [-0.39, 0.29) is 17.6 Å². The first-order valence-corrected chi connectivity index (χ1v) is 14.8. The number of carbonyl (C=O) groups excluding carboxylic acids is 2. The number of nitrogens with one attached hydrogen (secondary N) is 2. The Labute approximate surface area is 279 Å². The van der Waals surface area contributed by atoms with Gasteiger partial charge in [-0.05, 0) is 60.9 Å². The van der Waals surface area contributed by atoms with E-state index in [4.69, 9.17) is 45.6 Å². The summed E-state index contributed by atoms with van der Waals surface area (Å²) < 4.78 is 0.693. The maximum absolute atomic E-state index is 13.1. The Morgan fingerprint density at radius 1 is 0.826 bits per heavy atom. The van der Waals surface area contributed by atoms with Gasteiger partial charge in [0.25, 0.3) is 17.4 Å². The number of nitrogens with two attached hydrogens (primary N) is 1. The van der Waals surface area contributed by atoms with Gasteiger partial charge in [-0.25, -0.2) is 0 Å². The molecule has 4 aromatic rings. The van der Waals surface area contributed by atoms with E-state index in [1.165, 1.54) is 0 Å². The van der Waals surface area contributed by atoms with Crippen molar-refractivity contribution in [3.63, 3.8) is 0 Å². The maximum Gasteiger partial charge on any atom is 0.322 e. The maximum atomic E-state index is 13.1. The first-order chi connectivity index (χ1) is 21.7. The Morgan fingerprint density at radius 3 is 1.89 bits per heavy atom. The molecule has 0 aliphatic carbocycles. The van der Waals surface area contributed by atoms with Crippen LogP contribution in [0.3, 0.4) is 0 Å². The molecule has 46 heavy (non-hydrogen) atoms. The summed E-state index contributed by atoms with van der Waals surface area (Å²) >= 11 is 17.7. The first kappa shape index (κ1) is 35.9. The standard InChI is InChI=1S/C24H21Cl2N3O7.C8H10ClN/c1-12(13-6-8-15(25)9-7-13)28-22(34)19-20(32)18(21(33)27-10-17(30)31)23(35)29(24(19)36)11-14-4-2-3-5-16(14)26;1-6(10)7-2-4-8(9)5-3-7/h2-9,12,32,36H,10-11H2,1H3,(H,27,33)(H,28,34)(H,30,31);2-6H,10H2,1H3/t12-;6-/m00/s1. The number of aromatic hydroxyl groups is 2. The van der Waals surface area contributed by atoms with Crippen LogP contribution in [0.4, 0.5) is 0 Å². The van der Waals surface area contributed by atoms with Crippen LogP contribution in [0.15, 0.2) is 77.6 Å². The van der Waals surface area contributed by atoms with Gasteiger partial charge in [0.05, 0.1) is 12.6 Å². The first-order valence-electron chi connectivity index (χ1n) is 13.7. The summed E-state index contributed by atoms with van der Waals surface area (Å²) in [5.41, 5.74) is 4.94. The number of aliphatic carboxylic acids is 1. The number of hydrogen-bond donors (Lipinski definition) is 6. The highest BCUT2D eigenvalue weighted by Crippen LogP contribution is 2.30. The fourth-order valence-electron chi connectivity index (χ4n) is 4.17. The zero-order valence-electron chi connectivity index (χ0n) is 24.6. The quantitative estimate of drug-likeness (QED) is 0.137. The van der Waals surface area contributed by atoms with E-state index < -0.39 is 58.7 Å². The smallest absolute Gasteiger partial charge is 0.322 e. The summed E-state index contributed by atoms with van der Waals surface area (Å²) in [4.78, 5) is 49.7. The van der Waals surface area contributed by atoms with Crippen LogP contribution < -0.4 is 21.9 Å². The molecule has 3 aromatic carbocycles. The van der Waals surface area contributed by atoms with Crippen LogP contribution in [0, 0.1) is 0 Å². The van der Waals surface area contributed by atoms with Crippen molar-refractivity contribution in [1.29, 1.82) is 0 Å². The number of rotatable bonds is 9. The van der Waals surface area contributed by atoms with Crippen LogP contribution in [-0.4, -0.2) is 44.2 Å². The minimum absolute atomic E-state index is 0.0947. The molecule has 2 amide bonds. The number of pyridine rings is 1. The summed E-state index contributed by atoms with van der Waals surface area (Å²) in [7, 11) is 0. The van der Waals surface area contributed by atoms with E-state index in [1.807, 2.05) is 36.5 Å². The second-order valence-electron chi connectivity index (χ2n) is 10.1. The zero-order chi connectivity index (χ0) is 34.1. The van der Waals surface area contributed by atoms with Crippen molar-refractivity contribution < 1.29 is 29.7 Å². The van der Waals surface area contributed by atoms with Crippen LogP contribution >= 0.6 is 34.8 Å². The Hall–Kier alpha value is -4.55. The molecule has 0 aliphatic rings. The molecule has 7 N–H and O–H groups in total. The van der Waals surface area contributed by atoms with Gasteiger partial charge in [0.1, 0.15) is 17.7 Å². The topological polar surface area (TPSA) is 184 Å². The summed E-state index contributed by atoms with van der Waals surface area (Å²) in [6.45, 7) is 2.38. The SMILES string of the molecule is C[C@H](N)c1ccc(Cl)cc1.C[C@H](NC(=O)c1c(O)c(C(=O)NCC(=O)O)c(=O)n(Cc2ccccc2Cl)c1O)c1ccc(Cl)cc1. The van der Waals surface area contributed by atoms with Gasteiger partial charge in [0.2, 0.25) is 5.88 Å². The Balaban J connectivity index is 0.000000489. The third kappa shape index (κ3) is 9.24. The second-order valence-corrected chi connectivity index (χ2v) is 11.3. The van der Waals surface area contributed by atoms with Crippen molar-refractivity contribution in [3.8, 4) is 11.6 Å². The molecule has 1 aromatic heterocycles. The molecular formula is C32H31Cl3N4O7. The highest BCUT2D eigenvalue weighted by atomic mass is 35.5. The molecule has 11 nitrogen and oxygen atoms in total. The summed E-state index contributed by atoms with van der Waals surface area (Å²) in [6.07, 6.45) is 0. The largest absolute Gasteiger partial charge is 0.506 e. The summed E-state index contributed by atoms with van der Waals surface area (Å²) in [5, 5.41) is 36.5. The van der Waals surface area contributed by atoms with Gasteiger partial charge >= 0.3 is 5.97 Å². The van der Waals surface area contributed by atoms with E-state index in [0.29, 0.717) is 20.7 Å². The number of hydrogen-bond acceptors (Lipinski definition) is 7. The van der Waals surface area contributed by atoms with Crippen molar-refractivity contribution in [2.45, 2.75) is 32.5 Å². The van der Waals surface area contributed by atoms with Gasteiger partial charge < -0.3 is 31.7 Å². The minimum atomic E-state index is -1.40. The monoisotopic (exact) mass is 688 g/mol. The number of halogens is 3. The van der Waals surface area contributed by atoms with Crippen LogP contribution in [0.25, 0.3) is 0 Å². The van der Waals surface area contributed by atoms with Gasteiger partial charge in [-0.2, -0.15) is 0 Å². The number of carboxylic acid groups (broad SMARTS) is 1. The lowest BCUT2D eigenvalue weighted by Crippen LogP contribution is -2.37. The average Bonchev–Trinajstić information content (AvgIpc) is 3.00. The number of amides is 2. The van der Waals surface area contributed by atoms with Crippen LogP contribution in [0.1, 0.15) is 63.3 Å². The predicted molar refractivity (Wildman–Crippen MR) is 176 cm³/mol. The molecule has 0 fully saturated rings. The van der Waals surface area contributed by atoms with E-state index >= 15 is 0 Å². The van der Waals surface area contributed by atoms with Crippen molar-refractivity contribution >= 4 is 52.6 Å². The number of benzene rings is 3. The van der Waals surface area contributed by atoms with Crippen molar-refractivity contribution in [2.24, 2.45) is 5.73 Å². The summed E-state index contributed by atoms with van der Waals surface area (Å²) in [5.74, 6) is -5.64. The molecule has 0 radical (unpaired) electrons. The molecule has 0 saturated heterocycles. The van der Waals surface area contributed by atoms with Crippen LogP contribution in [-0.2, 0) is 11.3 Å². The Morgan fingerprint density at radius 2 is 1.37 bits per heavy atom. The number of carboxylic acids is 1. The van der Waals surface area contributed by atoms with Crippen LogP contribution in [0.5, 0.6) is 11.6 Å². The molecule has 242 valence electrons. The van der Waals surface area contributed by atoms with Crippen molar-refractivity contribution in [1.82, 2.24) is 15.2 Å². The van der Waals surface area contributed by atoms with Gasteiger partial charge in [-0.1, -0.05) is 77.3 Å². The fourth-order valence-corrected chi connectivity index (χ4v) is 4.62. The van der Waals surface area contributed by atoms with Gasteiger partial charge in [-0.3, -0.25) is 23.7 Å². The molecule has 4 rings (SSSR count). The Bertz CT molecular complexity index is 1780. The molecule has 0 unspecified atom stereocenters. The number of nitrogens with zero attached hydrogens (tertiary/aromatic N) is 1.